The summed E-state index contributed by atoms with van der Waals surface area (Å²) in [7, 11) is -3.95. The van der Waals surface area contributed by atoms with Gasteiger partial charge in [-0.25, -0.2) is 9.59 Å². The quantitative estimate of drug-likeness (QED) is 0.402. The first-order chi connectivity index (χ1) is 12.5. The van der Waals surface area contributed by atoms with Crippen molar-refractivity contribution in [3.8, 4) is 0 Å². The summed E-state index contributed by atoms with van der Waals surface area (Å²) >= 11 is 0. The van der Waals surface area contributed by atoms with Crippen molar-refractivity contribution in [2.75, 3.05) is 6.61 Å². The SMILES string of the molecule is CCOC(=O)/C=C1/C([Si](C)(C)C)=C([Si](C)(C)C)C(=O)OC1c1ccccc1. The van der Waals surface area contributed by atoms with Crippen molar-refractivity contribution in [1.29, 1.82) is 0 Å². The monoisotopic (exact) mass is 402 g/mol. The fourth-order valence-corrected chi connectivity index (χ4v) is 9.17. The van der Waals surface area contributed by atoms with Crippen molar-refractivity contribution in [1.82, 2.24) is 0 Å². The summed E-state index contributed by atoms with van der Waals surface area (Å²) in [6.45, 7) is 15.2. The molecule has 0 radical (unpaired) electrons. The zero-order chi connectivity index (χ0) is 20.4. The first kappa shape index (κ1) is 21.4. The number of carbonyl (C=O) groups excluding carboxylic acids is 2. The molecule has 1 aromatic rings. The van der Waals surface area contributed by atoms with Gasteiger partial charge in [-0.2, -0.15) is 0 Å². The second-order valence-electron chi connectivity index (χ2n) is 8.80. The van der Waals surface area contributed by atoms with Crippen molar-refractivity contribution >= 4 is 28.1 Å². The highest BCUT2D eigenvalue weighted by Crippen LogP contribution is 2.43. The van der Waals surface area contributed by atoms with Gasteiger partial charge in [-0.15, -0.1) is 0 Å². The Hall–Kier alpha value is -1.93. The summed E-state index contributed by atoms with van der Waals surface area (Å²) in [6, 6.07) is 9.61. The Morgan fingerprint density at radius 2 is 1.59 bits per heavy atom. The highest BCUT2D eigenvalue weighted by molar-refractivity contribution is 6.92. The summed E-state index contributed by atoms with van der Waals surface area (Å²) in [5, 5.41) is 1.87. The number of hydrogen-bond donors (Lipinski definition) is 0. The zero-order valence-electron chi connectivity index (χ0n) is 17.4. The average Bonchev–Trinajstić information content (AvgIpc) is 2.54. The molecule has 4 nitrogen and oxygen atoms in total. The molecule has 0 aromatic heterocycles. The van der Waals surface area contributed by atoms with Crippen LogP contribution in [0.25, 0.3) is 0 Å². The molecule has 0 bridgehead atoms. The maximum absolute atomic E-state index is 13.1. The van der Waals surface area contributed by atoms with E-state index in [1.807, 2.05) is 30.3 Å². The molecule has 1 aliphatic rings. The van der Waals surface area contributed by atoms with Gasteiger partial charge in [0, 0.05) is 16.8 Å². The normalized spacial score (nSPS) is 19.9. The number of ether oxygens (including phenoxy) is 2. The molecular formula is C21H30O4Si2. The molecule has 0 saturated heterocycles. The molecule has 27 heavy (non-hydrogen) atoms. The van der Waals surface area contributed by atoms with Crippen LogP contribution in [0.5, 0.6) is 0 Å². The number of rotatable bonds is 5. The summed E-state index contributed by atoms with van der Waals surface area (Å²) in [4.78, 5) is 25.4. The number of benzene rings is 1. The third kappa shape index (κ3) is 4.87. The third-order valence-electron chi connectivity index (χ3n) is 4.41. The maximum Gasteiger partial charge on any atom is 0.331 e. The molecule has 2 rings (SSSR count). The van der Waals surface area contributed by atoms with Gasteiger partial charge in [0.2, 0.25) is 0 Å². The van der Waals surface area contributed by atoms with Crippen LogP contribution in [0.1, 0.15) is 18.6 Å². The lowest BCUT2D eigenvalue weighted by Crippen LogP contribution is -2.43. The Balaban J connectivity index is 2.80. The van der Waals surface area contributed by atoms with E-state index >= 15 is 0 Å². The van der Waals surface area contributed by atoms with E-state index in [1.165, 1.54) is 0 Å². The van der Waals surface area contributed by atoms with Crippen LogP contribution in [0.3, 0.4) is 0 Å². The maximum atomic E-state index is 13.1. The van der Waals surface area contributed by atoms with Crippen molar-refractivity contribution < 1.29 is 19.1 Å². The average molecular weight is 403 g/mol. The third-order valence-corrected chi connectivity index (χ3v) is 8.66. The molecular weight excluding hydrogens is 372 g/mol. The second kappa shape index (κ2) is 7.98. The Bertz CT molecular complexity index is 781. The standard InChI is InChI=1S/C21H30O4Si2/c1-8-24-17(22)14-16-18(15-12-10-9-11-13-15)25-21(23)20(27(5,6)7)19(16)26(2,3)4/h9-14,18H,8H2,1-7H3/b16-14+. The summed E-state index contributed by atoms with van der Waals surface area (Å²) in [5.41, 5.74) is 1.66. The highest BCUT2D eigenvalue weighted by atomic mass is 28.3. The van der Waals surface area contributed by atoms with Crippen molar-refractivity contribution in [3.05, 3.63) is 57.9 Å². The lowest BCUT2D eigenvalue weighted by Gasteiger charge is -2.39. The van der Waals surface area contributed by atoms with Crippen molar-refractivity contribution in [2.45, 2.75) is 52.3 Å². The molecule has 6 heteroatoms. The van der Waals surface area contributed by atoms with E-state index in [2.05, 4.69) is 39.3 Å². The van der Waals surface area contributed by atoms with Crippen molar-refractivity contribution in [3.63, 3.8) is 0 Å². The minimum atomic E-state index is -1.99. The lowest BCUT2D eigenvalue weighted by molar-refractivity contribution is -0.143. The summed E-state index contributed by atoms with van der Waals surface area (Å²) in [5.74, 6) is -0.626. The van der Waals surface area contributed by atoms with E-state index in [0.717, 1.165) is 21.5 Å². The van der Waals surface area contributed by atoms with Crippen LogP contribution in [-0.4, -0.2) is 34.7 Å². The molecule has 0 aliphatic carbocycles. The van der Waals surface area contributed by atoms with Gasteiger partial charge in [-0.1, -0.05) is 69.6 Å². The molecule has 1 unspecified atom stereocenters. The molecule has 0 spiro atoms. The molecule has 0 amide bonds. The van der Waals surface area contributed by atoms with Crippen molar-refractivity contribution in [2.24, 2.45) is 0 Å². The number of cyclic esters (lactones) is 1. The lowest BCUT2D eigenvalue weighted by atomic mass is 9.98. The van der Waals surface area contributed by atoms with E-state index < -0.39 is 28.2 Å². The molecule has 0 saturated carbocycles. The molecule has 1 aromatic carbocycles. The Labute approximate surface area is 164 Å². The molecule has 1 aliphatic heterocycles. The van der Waals surface area contributed by atoms with Crippen LogP contribution in [0.4, 0.5) is 0 Å². The van der Waals surface area contributed by atoms with E-state index in [9.17, 15) is 9.59 Å². The topological polar surface area (TPSA) is 52.6 Å². The Morgan fingerprint density at radius 3 is 2.07 bits per heavy atom. The largest absolute Gasteiger partial charge is 0.463 e. The highest BCUT2D eigenvalue weighted by Gasteiger charge is 2.44. The van der Waals surface area contributed by atoms with Crippen LogP contribution >= 0.6 is 0 Å². The molecule has 0 N–H and O–H groups in total. The molecule has 146 valence electrons. The van der Waals surface area contributed by atoms with Crippen LogP contribution in [0, 0.1) is 0 Å². The minimum absolute atomic E-state index is 0.235. The molecule has 1 atom stereocenters. The predicted molar refractivity (Wildman–Crippen MR) is 114 cm³/mol. The zero-order valence-corrected chi connectivity index (χ0v) is 19.4. The predicted octanol–water partition coefficient (Wildman–Crippen LogP) is 4.83. The van der Waals surface area contributed by atoms with E-state index in [1.54, 1.807) is 13.0 Å². The van der Waals surface area contributed by atoms with E-state index in [-0.39, 0.29) is 5.97 Å². The van der Waals surface area contributed by atoms with Gasteiger partial charge in [0.25, 0.3) is 0 Å². The van der Waals surface area contributed by atoms with Gasteiger partial charge in [0.1, 0.15) is 0 Å². The second-order valence-corrected chi connectivity index (χ2v) is 18.8. The van der Waals surface area contributed by atoms with Gasteiger partial charge in [0.05, 0.1) is 22.8 Å². The number of esters is 2. The Morgan fingerprint density at radius 1 is 1.04 bits per heavy atom. The summed E-state index contributed by atoms with van der Waals surface area (Å²) in [6.07, 6.45) is 0.964. The molecule has 1 heterocycles. The van der Waals surface area contributed by atoms with Crippen LogP contribution < -0.4 is 0 Å². The fourth-order valence-electron chi connectivity index (χ4n) is 3.43. The van der Waals surface area contributed by atoms with Crippen LogP contribution in [0.15, 0.2) is 52.4 Å². The smallest absolute Gasteiger partial charge is 0.331 e. The van der Waals surface area contributed by atoms with Crippen LogP contribution in [-0.2, 0) is 19.1 Å². The minimum Gasteiger partial charge on any atom is -0.463 e. The van der Waals surface area contributed by atoms with Gasteiger partial charge >= 0.3 is 11.9 Å². The first-order valence-electron chi connectivity index (χ1n) is 9.36. The molecule has 0 fully saturated rings. The number of carbonyl (C=O) groups is 2. The van der Waals surface area contributed by atoms with E-state index in [4.69, 9.17) is 9.47 Å². The van der Waals surface area contributed by atoms with Gasteiger partial charge in [-0.3, -0.25) is 0 Å². The van der Waals surface area contributed by atoms with E-state index in [0.29, 0.717) is 6.61 Å². The van der Waals surface area contributed by atoms with Gasteiger partial charge in [-0.05, 0) is 17.7 Å². The van der Waals surface area contributed by atoms with Gasteiger partial charge in [0.15, 0.2) is 6.10 Å². The summed E-state index contributed by atoms with van der Waals surface area (Å²) < 4.78 is 11.1. The van der Waals surface area contributed by atoms with Gasteiger partial charge < -0.3 is 9.47 Å². The first-order valence-corrected chi connectivity index (χ1v) is 16.4. The fraction of sp³-hybridized carbons (Fsp3) is 0.429. The van der Waals surface area contributed by atoms with Crippen LogP contribution in [0.2, 0.25) is 39.3 Å². The number of hydrogen-bond acceptors (Lipinski definition) is 4. The Kier molecular flexibility index (Phi) is 6.32.